The summed E-state index contributed by atoms with van der Waals surface area (Å²) in [5.41, 5.74) is 2.47. The van der Waals surface area contributed by atoms with Crippen molar-refractivity contribution in [3.05, 3.63) is 58.5 Å². The van der Waals surface area contributed by atoms with E-state index < -0.39 is 77.4 Å². The number of rotatable bonds is 10. The van der Waals surface area contributed by atoms with Gasteiger partial charge in [-0.1, -0.05) is 63.6 Å². The lowest BCUT2D eigenvalue weighted by molar-refractivity contribution is -0.344. The van der Waals surface area contributed by atoms with Gasteiger partial charge in [-0.05, 0) is 112 Å². The number of ketones is 2. The minimum atomic E-state index is -2.52. The molecule has 15 heteroatoms. The maximum absolute atomic E-state index is 14.6. The van der Waals surface area contributed by atoms with Crippen molar-refractivity contribution < 1.29 is 62.9 Å². The SMILES string of the molecule is CCC1C=C(C)CC(C)CC(OC)(OC)C2CCC(C)C(O)(O2)C(=O)C(=O)N2CCCCC2C(=O)OC(C(C)=CC2CCC(OCC(O)c3csc4ccccc34)C(OC)C2)C(C)C(O)CC1=O. The van der Waals surface area contributed by atoms with E-state index in [2.05, 4.69) is 0 Å². The number of ether oxygens (including phenoxy) is 6. The van der Waals surface area contributed by atoms with Crippen LogP contribution in [-0.4, -0.2) is 126 Å². The van der Waals surface area contributed by atoms with Crippen LogP contribution < -0.4 is 0 Å². The Morgan fingerprint density at radius 2 is 1.72 bits per heavy atom. The summed E-state index contributed by atoms with van der Waals surface area (Å²) in [5, 5.41) is 38.1. The average molecular weight is 968 g/mol. The van der Waals surface area contributed by atoms with Gasteiger partial charge in [0.15, 0.2) is 5.79 Å². The van der Waals surface area contributed by atoms with Crippen molar-refractivity contribution in [2.24, 2.45) is 29.6 Å². The van der Waals surface area contributed by atoms with E-state index in [1.165, 1.54) is 19.1 Å². The number of methoxy groups -OCH3 is 3. The van der Waals surface area contributed by atoms with Gasteiger partial charge in [-0.15, -0.1) is 11.3 Å². The van der Waals surface area contributed by atoms with Gasteiger partial charge in [0.1, 0.15) is 30.1 Å². The number of amides is 1. The Morgan fingerprint density at radius 3 is 2.43 bits per heavy atom. The topological polar surface area (TPSA) is 188 Å². The van der Waals surface area contributed by atoms with E-state index in [-0.39, 0.29) is 55.8 Å². The Kier molecular flexibility index (Phi) is 18.8. The maximum atomic E-state index is 14.6. The first-order valence-corrected chi connectivity index (χ1v) is 25.7. The highest BCUT2D eigenvalue weighted by atomic mass is 32.1. The number of allylic oxidation sites excluding steroid dienone is 3. The molecular formula is C53H77NO13S. The van der Waals surface area contributed by atoms with Crippen LogP contribution in [0.1, 0.15) is 130 Å². The Hall–Kier alpha value is -3.38. The Balaban J connectivity index is 1.27. The average Bonchev–Trinajstić information content (AvgIpc) is 3.77. The molecule has 1 aliphatic carbocycles. The third-order valence-corrected chi connectivity index (χ3v) is 16.3. The van der Waals surface area contributed by atoms with Gasteiger partial charge in [-0.3, -0.25) is 14.4 Å². The number of carbonyl (C=O) groups excluding carboxylic acids is 4. The van der Waals surface area contributed by atoms with E-state index in [1.54, 1.807) is 32.3 Å². The summed E-state index contributed by atoms with van der Waals surface area (Å²) in [6.07, 6.45) is 4.76. The number of benzene rings is 1. The van der Waals surface area contributed by atoms with Crippen molar-refractivity contribution in [2.45, 2.75) is 173 Å². The fraction of sp³-hybridized carbons (Fsp3) is 0.698. The summed E-state index contributed by atoms with van der Waals surface area (Å²) in [6, 6.07) is 6.81. The Labute approximate surface area is 406 Å². The van der Waals surface area contributed by atoms with Gasteiger partial charge in [0.2, 0.25) is 5.79 Å². The van der Waals surface area contributed by atoms with Gasteiger partial charge in [0.25, 0.3) is 11.7 Å². The molecule has 4 aliphatic rings. The summed E-state index contributed by atoms with van der Waals surface area (Å²) in [7, 11) is 4.61. The number of Topliss-reactive ketones (excluding diaryl/α,β-unsaturated/α-hetero) is 2. The summed E-state index contributed by atoms with van der Waals surface area (Å²) in [4.78, 5) is 58.5. The zero-order valence-corrected chi connectivity index (χ0v) is 42.5. The molecule has 2 bridgehead atoms. The minimum Gasteiger partial charge on any atom is -0.456 e. The molecule has 6 rings (SSSR count). The van der Waals surface area contributed by atoms with Gasteiger partial charge >= 0.3 is 5.97 Å². The molecule has 2 saturated heterocycles. The number of cyclic esters (lactones) is 1. The molecule has 1 aromatic heterocycles. The molecule has 68 heavy (non-hydrogen) atoms. The zero-order chi connectivity index (χ0) is 49.5. The highest BCUT2D eigenvalue weighted by Crippen LogP contribution is 2.42. The van der Waals surface area contributed by atoms with Crippen LogP contribution in [0.15, 0.2) is 52.9 Å². The Morgan fingerprint density at radius 1 is 0.985 bits per heavy atom. The van der Waals surface area contributed by atoms with E-state index in [1.807, 2.05) is 69.5 Å². The zero-order valence-electron chi connectivity index (χ0n) is 41.6. The number of nitrogens with zero attached hydrogens (tertiary/aromatic N) is 1. The predicted octanol–water partition coefficient (Wildman–Crippen LogP) is 7.79. The first-order valence-electron chi connectivity index (χ1n) is 24.8. The Bertz CT molecular complexity index is 2110. The van der Waals surface area contributed by atoms with E-state index in [9.17, 15) is 34.5 Å². The number of piperidine rings is 1. The number of hydrogen-bond acceptors (Lipinski definition) is 14. The van der Waals surface area contributed by atoms with Gasteiger partial charge < -0.3 is 48.6 Å². The van der Waals surface area contributed by atoms with Crippen molar-refractivity contribution in [3.63, 3.8) is 0 Å². The van der Waals surface area contributed by atoms with Crippen LogP contribution in [0.25, 0.3) is 10.1 Å². The first-order chi connectivity index (χ1) is 32.4. The molecule has 1 amide bonds. The van der Waals surface area contributed by atoms with Crippen molar-refractivity contribution >= 4 is 44.9 Å². The van der Waals surface area contributed by atoms with Gasteiger partial charge in [-0.2, -0.15) is 0 Å². The number of aliphatic hydroxyl groups excluding tert-OH is 2. The maximum Gasteiger partial charge on any atom is 0.329 e. The van der Waals surface area contributed by atoms with Crippen LogP contribution >= 0.6 is 11.3 Å². The number of thiophene rings is 1. The van der Waals surface area contributed by atoms with Crippen molar-refractivity contribution in [3.8, 4) is 0 Å². The number of esters is 1. The van der Waals surface area contributed by atoms with Crippen molar-refractivity contribution in [1.29, 1.82) is 0 Å². The third-order valence-electron chi connectivity index (χ3n) is 15.3. The molecule has 13 atom stereocenters. The van der Waals surface area contributed by atoms with Crippen LogP contribution in [0.4, 0.5) is 0 Å². The number of fused-ring (bicyclic) bond motifs is 4. The molecule has 3 N–H and O–H groups in total. The molecule has 3 fully saturated rings. The van der Waals surface area contributed by atoms with Crippen LogP contribution in [0.5, 0.6) is 0 Å². The number of aliphatic hydroxyl groups is 3. The number of carbonyl (C=O) groups is 4. The second kappa shape index (κ2) is 23.7. The normalized spacial score (nSPS) is 34.7. The molecule has 1 aromatic carbocycles. The van der Waals surface area contributed by atoms with Crippen LogP contribution in [0.3, 0.4) is 0 Å². The monoisotopic (exact) mass is 968 g/mol. The molecule has 0 spiro atoms. The lowest BCUT2D eigenvalue weighted by Crippen LogP contribution is -2.64. The molecule has 2 aromatic rings. The molecule has 0 radical (unpaired) electrons. The molecular weight excluding hydrogens is 891 g/mol. The summed E-state index contributed by atoms with van der Waals surface area (Å²) >= 11 is 1.59. The van der Waals surface area contributed by atoms with Gasteiger partial charge in [0.05, 0.1) is 24.9 Å². The first kappa shape index (κ1) is 54.0. The standard InChI is InChI=1S/C53H77NO13S/c1-10-37-24-31(2)23-32(3)28-52(63-8,64-9)47-21-18-34(5)53(61,67-47)49(58)50(59)54-22-14-13-16-40(54)51(60)66-48(35(6)41(55)27-42(37)56)33(4)25-36-19-20-44(45(26-36)62-7)65-29-43(57)39-30-68-46-17-12-11-15-38(39)46/h11-12,15,17,24-25,30,32,34-37,40-41,43-45,47-48,55,57,61H,10,13-14,16,18-23,26-29H2,1-9H3. The third kappa shape index (κ3) is 12.0. The predicted molar refractivity (Wildman–Crippen MR) is 258 cm³/mol. The fourth-order valence-electron chi connectivity index (χ4n) is 11.2. The summed E-state index contributed by atoms with van der Waals surface area (Å²) in [5.74, 6) is -9.07. The van der Waals surface area contributed by atoms with Crippen LogP contribution in [0.2, 0.25) is 0 Å². The molecule has 14 nitrogen and oxygen atoms in total. The quantitative estimate of drug-likeness (QED) is 0.0907. The molecule has 13 unspecified atom stereocenters. The minimum absolute atomic E-state index is 0.0253. The number of hydrogen-bond donors (Lipinski definition) is 3. The van der Waals surface area contributed by atoms with Crippen molar-refractivity contribution in [1.82, 2.24) is 4.90 Å². The smallest absolute Gasteiger partial charge is 0.329 e. The highest BCUT2D eigenvalue weighted by molar-refractivity contribution is 7.17. The van der Waals surface area contributed by atoms with E-state index in [0.717, 1.165) is 21.2 Å². The second-order valence-electron chi connectivity index (χ2n) is 20.2. The summed E-state index contributed by atoms with van der Waals surface area (Å²) < 4.78 is 38.1. The molecule has 1 saturated carbocycles. The lowest BCUT2D eigenvalue weighted by atomic mass is 9.81. The van der Waals surface area contributed by atoms with E-state index in [4.69, 9.17) is 28.4 Å². The van der Waals surface area contributed by atoms with Gasteiger partial charge in [-0.25, -0.2) is 4.79 Å². The molecule has 3 aliphatic heterocycles. The highest BCUT2D eigenvalue weighted by Gasteiger charge is 2.57. The second-order valence-corrected chi connectivity index (χ2v) is 21.1. The van der Waals surface area contributed by atoms with E-state index in [0.29, 0.717) is 69.8 Å². The lowest BCUT2D eigenvalue weighted by Gasteiger charge is -2.48. The van der Waals surface area contributed by atoms with Gasteiger partial charge in [0, 0.05) is 68.7 Å². The van der Waals surface area contributed by atoms with Crippen molar-refractivity contribution in [2.75, 3.05) is 34.5 Å². The fourth-order valence-corrected chi connectivity index (χ4v) is 12.2. The summed E-state index contributed by atoms with van der Waals surface area (Å²) in [6.45, 7) is 11.4. The molecule has 4 heterocycles. The van der Waals surface area contributed by atoms with Crippen LogP contribution in [-0.2, 0) is 47.6 Å². The van der Waals surface area contributed by atoms with E-state index >= 15 is 0 Å². The largest absolute Gasteiger partial charge is 0.456 e. The van der Waals surface area contributed by atoms with Crippen LogP contribution in [0, 0.1) is 29.6 Å². The molecule has 378 valence electrons.